The highest BCUT2D eigenvalue weighted by atomic mass is 19.1. The number of nitrogens with one attached hydrogen (secondary N) is 1. The van der Waals surface area contributed by atoms with Crippen LogP contribution in [0.5, 0.6) is 0 Å². The van der Waals surface area contributed by atoms with Crippen molar-refractivity contribution in [2.45, 2.75) is 25.9 Å². The number of nitrogens with zero attached hydrogens (tertiary/aromatic N) is 3. The molecule has 0 aliphatic carbocycles. The first-order valence-electron chi connectivity index (χ1n) is 8.08. The molecule has 2 atom stereocenters. The maximum absolute atomic E-state index is 13.8. The predicted molar refractivity (Wildman–Crippen MR) is 88.5 cm³/mol. The number of aliphatic hydroxyl groups excluding tert-OH is 1. The summed E-state index contributed by atoms with van der Waals surface area (Å²) in [5.74, 6) is -0.278. The molecule has 1 aromatic carbocycles. The third kappa shape index (κ3) is 3.56. The molecular formula is C17H21FN4O2. The van der Waals surface area contributed by atoms with Gasteiger partial charge in [-0.25, -0.2) is 13.9 Å². The Labute approximate surface area is 139 Å². The molecule has 2 unspecified atom stereocenters. The van der Waals surface area contributed by atoms with Crippen molar-refractivity contribution in [1.82, 2.24) is 14.7 Å². The topological polar surface area (TPSA) is 70.4 Å². The maximum atomic E-state index is 13.8. The van der Waals surface area contributed by atoms with Crippen LogP contribution in [-0.4, -0.2) is 45.0 Å². The zero-order valence-electron chi connectivity index (χ0n) is 13.5. The molecule has 7 heteroatoms. The van der Waals surface area contributed by atoms with E-state index in [1.165, 1.54) is 16.9 Å². The SMILES string of the molecule is CC(O)C1CCCN(C(=O)Nc2cnn(-c3ccccc3F)c2)C1. The van der Waals surface area contributed by atoms with Crippen molar-refractivity contribution in [1.29, 1.82) is 0 Å². The van der Waals surface area contributed by atoms with Gasteiger partial charge in [-0.15, -0.1) is 0 Å². The highest BCUT2D eigenvalue weighted by Crippen LogP contribution is 2.21. The second kappa shape index (κ2) is 7.00. The van der Waals surface area contributed by atoms with Gasteiger partial charge in [0.25, 0.3) is 0 Å². The Morgan fingerprint density at radius 1 is 1.46 bits per heavy atom. The van der Waals surface area contributed by atoms with Crippen molar-refractivity contribution in [3.8, 4) is 5.69 Å². The molecule has 0 bridgehead atoms. The van der Waals surface area contributed by atoms with Crippen molar-refractivity contribution in [2.24, 2.45) is 5.92 Å². The number of amides is 2. The minimum Gasteiger partial charge on any atom is -0.393 e. The van der Waals surface area contributed by atoms with Crippen LogP contribution in [0.3, 0.4) is 0 Å². The highest BCUT2D eigenvalue weighted by Gasteiger charge is 2.26. The second-order valence-electron chi connectivity index (χ2n) is 6.14. The lowest BCUT2D eigenvalue weighted by molar-refractivity contribution is 0.0766. The molecule has 1 aromatic heterocycles. The van der Waals surface area contributed by atoms with E-state index in [0.29, 0.717) is 24.5 Å². The van der Waals surface area contributed by atoms with Gasteiger partial charge >= 0.3 is 6.03 Å². The summed E-state index contributed by atoms with van der Waals surface area (Å²) < 4.78 is 15.2. The molecule has 0 spiro atoms. The molecule has 1 aliphatic heterocycles. The lowest BCUT2D eigenvalue weighted by Crippen LogP contribution is -2.44. The van der Waals surface area contributed by atoms with Gasteiger partial charge in [-0.3, -0.25) is 0 Å². The fourth-order valence-electron chi connectivity index (χ4n) is 2.95. The average molecular weight is 332 g/mol. The number of aliphatic hydroxyl groups is 1. The molecular weight excluding hydrogens is 311 g/mol. The quantitative estimate of drug-likeness (QED) is 0.908. The van der Waals surface area contributed by atoms with E-state index in [2.05, 4.69) is 10.4 Å². The van der Waals surface area contributed by atoms with Crippen LogP contribution < -0.4 is 5.32 Å². The molecule has 128 valence electrons. The molecule has 0 saturated carbocycles. The van der Waals surface area contributed by atoms with Crippen LogP contribution in [0.25, 0.3) is 5.69 Å². The Morgan fingerprint density at radius 2 is 2.25 bits per heavy atom. The number of halogens is 1. The summed E-state index contributed by atoms with van der Waals surface area (Å²) >= 11 is 0. The fourth-order valence-corrected chi connectivity index (χ4v) is 2.95. The van der Waals surface area contributed by atoms with Crippen LogP contribution in [0, 0.1) is 11.7 Å². The molecule has 24 heavy (non-hydrogen) atoms. The highest BCUT2D eigenvalue weighted by molar-refractivity contribution is 5.89. The molecule has 2 N–H and O–H groups in total. The van der Waals surface area contributed by atoms with Crippen molar-refractivity contribution in [2.75, 3.05) is 18.4 Å². The third-order valence-electron chi connectivity index (χ3n) is 4.36. The first kappa shape index (κ1) is 16.4. The minimum absolute atomic E-state index is 0.102. The van der Waals surface area contributed by atoms with Crippen molar-refractivity contribution in [3.05, 3.63) is 42.5 Å². The number of hydrogen-bond donors (Lipinski definition) is 2. The summed E-state index contributed by atoms with van der Waals surface area (Å²) in [4.78, 5) is 14.1. The average Bonchev–Trinajstić information content (AvgIpc) is 3.03. The summed E-state index contributed by atoms with van der Waals surface area (Å²) in [6, 6.07) is 6.08. The van der Waals surface area contributed by atoms with Gasteiger partial charge in [0.05, 0.1) is 24.2 Å². The molecule has 0 radical (unpaired) electrons. The Kier molecular flexibility index (Phi) is 4.80. The van der Waals surface area contributed by atoms with Crippen LogP contribution in [0.4, 0.5) is 14.9 Å². The number of para-hydroxylation sites is 1. The van der Waals surface area contributed by atoms with Crippen LogP contribution in [0.1, 0.15) is 19.8 Å². The molecule has 3 rings (SSSR count). The van der Waals surface area contributed by atoms with Gasteiger partial charge in [-0.2, -0.15) is 5.10 Å². The molecule has 2 amide bonds. The van der Waals surface area contributed by atoms with Gasteiger partial charge in [0.15, 0.2) is 0 Å². The summed E-state index contributed by atoms with van der Waals surface area (Å²) in [5, 5.41) is 16.6. The van der Waals surface area contributed by atoms with Crippen molar-refractivity contribution >= 4 is 11.7 Å². The number of anilines is 1. The number of carbonyl (C=O) groups excluding carboxylic acids is 1. The van der Waals surface area contributed by atoms with E-state index < -0.39 is 6.10 Å². The van der Waals surface area contributed by atoms with Gasteiger partial charge in [0, 0.05) is 19.0 Å². The van der Waals surface area contributed by atoms with E-state index in [-0.39, 0.29) is 17.8 Å². The smallest absolute Gasteiger partial charge is 0.321 e. The number of piperidine rings is 1. The van der Waals surface area contributed by atoms with Crippen LogP contribution in [0.15, 0.2) is 36.7 Å². The van der Waals surface area contributed by atoms with Crippen molar-refractivity contribution < 1.29 is 14.3 Å². The Hall–Kier alpha value is -2.41. The monoisotopic (exact) mass is 332 g/mol. The summed E-state index contributed by atoms with van der Waals surface area (Å²) in [7, 11) is 0. The van der Waals surface area contributed by atoms with E-state index in [9.17, 15) is 14.3 Å². The van der Waals surface area contributed by atoms with Gasteiger partial charge in [0.1, 0.15) is 11.5 Å². The normalized spacial score (nSPS) is 19.1. The van der Waals surface area contributed by atoms with E-state index in [1.807, 2.05) is 0 Å². The van der Waals surface area contributed by atoms with Gasteiger partial charge in [-0.05, 0) is 31.9 Å². The van der Waals surface area contributed by atoms with Crippen LogP contribution >= 0.6 is 0 Å². The Bertz CT molecular complexity index is 716. The zero-order valence-corrected chi connectivity index (χ0v) is 13.5. The van der Waals surface area contributed by atoms with Gasteiger partial charge in [-0.1, -0.05) is 12.1 Å². The number of likely N-dealkylation sites (tertiary alicyclic amines) is 1. The standard InChI is InChI=1S/C17H21FN4O2/c1-12(23)13-5-4-8-21(10-13)17(24)20-14-9-19-22(11-14)16-7-3-2-6-15(16)18/h2-3,6-7,9,11-13,23H,4-5,8,10H2,1H3,(H,20,24). The molecule has 2 heterocycles. The second-order valence-corrected chi connectivity index (χ2v) is 6.14. The largest absolute Gasteiger partial charge is 0.393 e. The molecule has 1 aliphatic rings. The van der Waals surface area contributed by atoms with Gasteiger partial charge < -0.3 is 15.3 Å². The number of urea groups is 1. The van der Waals surface area contributed by atoms with Gasteiger partial charge in [0.2, 0.25) is 0 Å². The van der Waals surface area contributed by atoms with E-state index in [4.69, 9.17) is 0 Å². The fraction of sp³-hybridized carbons (Fsp3) is 0.412. The number of carbonyl (C=O) groups is 1. The first-order valence-corrected chi connectivity index (χ1v) is 8.08. The number of benzene rings is 1. The molecule has 1 fully saturated rings. The maximum Gasteiger partial charge on any atom is 0.321 e. The summed E-state index contributed by atoms with van der Waals surface area (Å²) in [6.07, 6.45) is 4.43. The Morgan fingerprint density at radius 3 is 3.00 bits per heavy atom. The predicted octanol–water partition coefficient (Wildman–Crippen LogP) is 2.64. The molecule has 1 saturated heterocycles. The minimum atomic E-state index is -0.426. The lowest BCUT2D eigenvalue weighted by Gasteiger charge is -2.33. The summed E-state index contributed by atoms with van der Waals surface area (Å²) in [5.41, 5.74) is 0.826. The van der Waals surface area contributed by atoms with Crippen LogP contribution in [0.2, 0.25) is 0 Å². The molecule has 2 aromatic rings. The zero-order chi connectivity index (χ0) is 17.1. The number of hydrogen-bond acceptors (Lipinski definition) is 3. The third-order valence-corrected chi connectivity index (χ3v) is 4.36. The van der Waals surface area contributed by atoms with E-state index >= 15 is 0 Å². The summed E-state index contributed by atoms with van der Waals surface area (Å²) in [6.45, 7) is 2.95. The lowest BCUT2D eigenvalue weighted by atomic mass is 9.94. The number of aromatic nitrogens is 2. The molecule has 6 nitrogen and oxygen atoms in total. The van der Waals surface area contributed by atoms with Crippen LogP contribution in [-0.2, 0) is 0 Å². The first-order chi connectivity index (χ1) is 11.5. The van der Waals surface area contributed by atoms with E-state index in [1.54, 1.807) is 36.2 Å². The van der Waals surface area contributed by atoms with Crippen molar-refractivity contribution in [3.63, 3.8) is 0 Å². The Balaban J connectivity index is 1.66. The van der Waals surface area contributed by atoms with E-state index in [0.717, 1.165) is 12.8 Å². The number of rotatable bonds is 3.